The first-order chi connectivity index (χ1) is 9.24. The summed E-state index contributed by atoms with van der Waals surface area (Å²) in [7, 11) is -3.81. The van der Waals surface area contributed by atoms with Crippen molar-refractivity contribution in [1.29, 1.82) is 0 Å². The van der Waals surface area contributed by atoms with Crippen LogP contribution >= 0.6 is 0 Å². The fourth-order valence-corrected chi connectivity index (χ4v) is 1.85. The van der Waals surface area contributed by atoms with E-state index < -0.39 is 46.5 Å². The van der Waals surface area contributed by atoms with Crippen LogP contribution in [-0.4, -0.2) is 61.0 Å². The minimum absolute atomic E-state index is 0.510. The highest BCUT2D eigenvalue weighted by Crippen LogP contribution is 2.15. The number of hydrogen-bond acceptors (Lipinski definition) is 6. The molecule has 0 bridgehead atoms. The summed E-state index contributed by atoms with van der Waals surface area (Å²) in [6.45, 7) is 7.46. The normalized spacial score (nSPS) is 13.9. The Bertz CT molecular complexity index is 478. The Kier molecular flexibility index (Phi) is 6.62. The second kappa shape index (κ2) is 7.08. The third-order valence-corrected chi connectivity index (χ3v) is 2.79. The summed E-state index contributed by atoms with van der Waals surface area (Å²) in [6.07, 6.45) is -0.0407. The summed E-state index contributed by atoms with van der Waals surface area (Å²) in [4.78, 5) is 24.4. The number of amides is 1. The number of carboxylic acid groups (broad SMARTS) is 1. The summed E-state index contributed by atoms with van der Waals surface area (Å²) >= 11 is 0. The van der Waals surface area contributed by atoms with E-state index in [0.717, 1.165) is 11.2 Å². The van der Waals surface area contributed by atoms with E-state index in [-0.39, 0.29) is 0 Å². The number of nitrogens with zero attached hydrogens (tertiary/aromatic N) is 1. The zero-order valence-corrected chi connectivity index (χ0v) is 13.9. The molecule has 1 N–H and O–H groups in total. The maximum atomic E-state index is 12.1. The van der Waals surface area contributed by atoms with Crippen LogP contribution in [0.4, 0.5) is 4.79 Å². The van der Waals surface area contributed by atoms with E-state index in [1.807, 2.05) is 0 Å². The van der Waals surface area contributed by atoms with Crippen LogP contribution in [0.25, 0.3) is 0 Å². The first-order valence-corrected chi connectivity index (χ1v) is 8.15. The van der Waals surface area contributed by atoms with Crippen LogP contribution in [0.5, 0.6) is 0 Å². The molecule has 0 rings (SSSR count). The van der Waals surface area contributed by atoms with E-state index in [4.69, 9.17) is 4.74 Å². The van der Waals surface area contributed by atoms with Crippen molar-refractivity contribution in [2.24, 2.45) is 0 Å². The van der Waals surface area contributed by atoms with Gasteiger partial charge in [0.2, 0.25) is 0 Å². The van der Waals surface area contributed by atoms with Gasteiger partial charge in [-0.1, -0.05) is 0 Å². The second-order valence-electron chi connectivity index (χ2n) is 5.82. The smallest absolute Gasteiger partial charge is 0.411 e. The predicted molar refractivity (Wildman–Crippen MR) is 75.4 cm³/mol. The molecule has 8 nitrogen and oxygen atoms in total. The van der Waals surface area contributed by atoms with E-state index in [1.54, 1.807) is 34.6 Å². The van der Waals surface area contributed by atoms with Gasteiger partial charge in [-0.3, -0.25) is 9.08 Å². The first-order valence-electron chi connectivity index (χ1n) is 6.33. The van der Waals surface area contributed by atoms with Crippen LogP contribution in [0.3, 0.4) is 0 Å². The number of carbonyl (C=O) groups excluding carboxylic acids is 1. The Morgan fingerprint density at radius 3 is 2.00 bits per heavy atom. The zero-order valence-electron chi connectivity index (χ0n) is 13.1. The van der Waals surface area contributed by atoms with Gasteiger partial charge in [-0.15, -0.1) is 0 Å². The Morgan fingerprint density at radius 2 is 1.71 bits per heavy atom. The van der Waals surface area contributed by atoms with Crippen molar-refractivity contribution in [3.63, 3.8) is 0 Å². The lowest BCUT2D eigenvalue weighted by Gasteiger charge is -2.33. The first kappa shape index (κ1) is 19.7. The van der Waals surface area contributed by atoms with Crippen molar-refractivity contribution in [1.82, 2.24) is 4.90 Å². The molecular weight excluding hydrogens is 302 g/mol. The molecule has 0 aromatic rings. The van der Waals surface area contributed by atoms with Gasteiger partial charge < -0.3 is 9.84 Å². The molecule has 124 valence electrons. The molecule has 0 aromatic heterocycles. The monoisotopic (exact) mass is 325 g/mol. The molecule has 0 saturated carbocycles. The van der Waals surface area contributed by atoms with Crippen molar-refractivity contribution in [2.75, 3.05) is 12.9 Å². The zero-order chi connectivity index (χ0) is 17.0. The molecule has 0 aliphatic heterocycles. The topological polar surface area (TPSA) is 110 Å². The van der Waals surface area contributed by atoms with E-state index in [1.165, 1.54) is 0 Å². The lowest BCUT2D eigenvalue weighted by atomic mass is 10.2. The lowest BCUT2D eigenvalue weighted by Crippen LogP contribution is -2.52. The highest BCUT2D eigenvalue weighted by molar-refractivity contribution is 7.85. The van der Waals surface area contributed by atoms with Crippen LogP contribution in [0.2, 0.25) is 0 Å². The third-order valence-electron chi connectivity index (χ3n) is 2.22. The Hall–Kier alpha value is -1.35. The third kappa shape index (κ3) is 7.86. The van der Waals surface area contributed by atoms with Crippen molar-refractivity contribution in [3.8, 4) is 0 Å². The SMILES string of the molecule is CC(C)N(C(=O)OC(C)(C)C)[C@@H](COS(C)(=O)=O)C(=O)O. The average Bonchev–Trinajstić information content (AvgIpc) is 2.18. The van der Waals surface area contributed by atoms with Gasteiger partial charge >= 0.3 is 12.1 Å². The van der Waals surface area contributed by atoms with E-state index >= 15 is 0 Å². The van der Waals surface area contributed by atoms with Gasteiger partial charge in [-0.25, -0.2) is 9.59 Å². The van der Waals surface area contributed by atoms with Crippen LogP contribution in [0.15, 0.2) is 0 Å². The molecule has 21 heavy (non-hydrogen) atoms. The van der Waals surface area contributed by atoms with Gasteiger partial charge in [-0.2, -0.15) is 8.42 Å². The molecule has 1 atom stereocenters. The maximum Gasteiger partial charge on any atom is 0.411 e. The van der Waals surface area contributed by atoms with E-state index in [0.29, 0.717) is 0 Å². The van der Waals surface area contributed by atoms with Crippen LogP contribution in [0.1, 0.15) is 34.6 Å². The highest BCUT2D eigenvalue weighted by atomic mass is 32.2. The molecule has 0 radical (unpaired) electrons. The number of carbonyl (C=O) groups is 2. The molecule has 0 unspecified atom stereocenters. The molecule has 0 aliphatic carbocycles. The molecule has 0 heterocycles. The molecule has 0 aliphatic rings. The van der Waals surface area contributed by atoms with Gasteiger partial charge in [0.05, 0.1) is 12.9 Å². The fourth-order valence-electron chi connectivity index (χ4n) is 1.47. The standard InChI is InChI=1S/C12H23NO7S/c1-8(2)13(11(16)20-12(3,4)5)9(10(14)15)7-19-21(6,17)18/h8-9H,7H2,1-6H3,(H,14,15)/t9-/m0/s1. The maximum absolute atomic E-state index is 12.1. The molecule has 0 aromatic carbocycles. The average molecular weight is 325 g/mol. The fraction of sp³-hybridized carbons (Fsp3) is 0.833. The molecule has 0 saturated heterocycles. The van der Waals surface area contributed by atoms with Crippen molar-refractivity contribution >= 4 is 22.2 Å². The van der Waals surface area contributed by atoms with E-state index in [2.05, 4.69) is 4.18 Å². The quantitative estimate of drug-likeness (QED) is 0.727. The number of carboxylic acids is 1. The number of ether oxygens (including phenoxy) is 1. The Labute approximate surface area is 125 Å². The van der Waals surface area contributed by atoms with Crippen LogP contribution in [0, 0.1) is 0 Å². The van der Waals surface area contributed by atoms with Crippen molar-refractivity contribution in [3.05, 3.63) is 0 Å². The minimum atomic E-state index is -3.81. The number of rotatable bonds is 6. The van der Waals surface area contributed by atoms with Crippen LogP contribution in [-0.2, 0) is 23.8 Å². The van der Waals surface area contributed by atoms with Crippen molar-refractivity contribution < 1.29 is 32.0 Å². The van der Waals surface area contributed by atoms with Gasteiger partial charge in [0.25, 0.3) is 10.1 Å². The Morgan fingerprint density at radius 1 is 1.24 bits per heavy atom. The Balaban J connectivity index is 5.26. The van der Waals surface area contributed by atoms with Gasteiger partial charge in [0.15, 0.2) is 6.04 Å². The minimum Gasteiger partial charge on any atom is -0.480 e. The summed E-state index contributed by atoms with van der Waals surface area (Å²) in [5, 5.41) is 9.21. The van der Waals surface area contributed by atoms with Crippen LogP contribution < -0.4 is 0 Å². The van der Waals surface area contributed by atoms with Crippen molar-refractivity contribution in [2.45, 2.75) is 52.3 Å². The van der Waals surface area contributed by atoms with Gasteiger partial charge in [0, 0.05) is 6.04 Å². The summed E-state index contributed by atoms with van der Waals surface area (Å²) < 4.78 is 31.6. The lowest BCUT2D eigenvalue weighted by molar-refractivity contribution is -0.145. The molecular formula is C12H23NO7S. The summed E-state index contributed by atoms with van der Waals surface area (Å²) in [5.41, 5.74) is -0.801. The summed E-state index contributed by atoms with van der Waals surface area (Å²) in [6, 6.07) is -1.97. The predicted octanol–water partition coefficient (Wildman–Crippen LogP) is 1.06. The molecule has 1 amide bonds. The molecule has 0 fully saturated rings. The molecule has 9 heteroatoms. The largest absolute Gasteiger partial charge is 0.480 e. The summed E-state index contributed by atoms with van der Waals surface area (Å²) in [5.74, 6) is -1.38. The van der Waals surface area contributed by atoms with Gasteiger partial charge in [0.1, 0.15) is 5.60 Å². The van der Waals surface area contributed by atoms with E-state index in [9.17, 15) is 23.1 Å². The number of aliphatic carboxylic acids is 1. The highest BCUT2D eigenvalue weighted by Gasteiger charge is 2.35. The van der Waals surface area contributed by atoms with Gasteiger partial charge in [-0.05, 0) is 34.6 Å². The number of hydrogen-bond donors (Lipinski definition) is 1. The molecule has 0 spiro atoms. The second-order valence-corrected chi connectivity index (χ2v) is 7.47.